The number of hydrogen-bond acceptors (Lipinski definition) is 1. The van der Waals surface area contributed by atoms with E-state index in [1.807, 2.05) is 13.8 Å². The summed E-state index contributed by atoms with van der Waals surface area (Å²) in [7, 11) is 0. The molecule has 0 atom stereocenters. The van der Waals surface area contributed by atoms with Crippen LogP contribution in [0.15, 0.2) is 6.07 Å². The number of benzene rings is 1. The van der Waals surface area contributed by atoms with Gasteiger partial charge in [-0.1, -0.05) is 13.8 Å². The van der Waals surface area contributed by atoms with Crippen LogP contribution in [0.4, 0.5) is 8.78 Å². The van der Waals surface area contributed by atoms with Crippen molar-refractivity contribution in [1.82, 2.24) is 0 Å². The minimum atomic E-state index is -0.761. The lowest BCUT2D eigenvalue weighted by molar-refractivity contribution is 0.277. The molecule has 0 fully saturated rings. The topological polar surface area (TPSA) is 9.23 Å². The molecule has 2 rings (SSSR count). The van der Waals surface area contributed by atoms with Crippen molar-refractivity contribution in [3.63, 3.8) is 0 Å². The molecule has 0 saturated carbocycles. The van der Waals surface area contributed by atoms with Crippen LogP contribution in [0.25, 0.3) is 0 Å². The van der Waals surface area contributed by atoms with Gasteiger partial charge in [0.15, 0.2) is 11.6 Å². The lowest BCUT2D eigenvalue weighted by atomic mass is 9.95. The third kappa shape index (κ3) is 1.71. The Morgan fingerprint density at radius 3 is 2.73 bits per heavy atom. The van der Waals surface area contributed by atoms with Crippen molar-refractivity contribution in [1.29, 1.82) is 0 Å². The van der Waals surface area contributed by atoms with Crippen molar-refractivity contribution in [2.75, 3.05) is 6.61 Å². The summed E-state index contributed by atoms with van der Waals surface area (Å²) < 4.78 is 32.2. The average molecular weight is 212 g/mol. The van der Waals surface area contributed by atoms with E-state index in [-0.39, 0.29) is 5.92 Å². The molecule has 0 radical (unpaired) electrons. The van der Waals surface area contributed by atoms with Gasteiger partial charge in [-0.15, -0.1) is 0 Å². The molecule has 0 bridgehead atoms. The predicted octanol–water partition coefficient (Wildman–Crippen LogP) is 3.41. The largest absolute Gasteiger partial charge is 0.493 e. The molecule has 0 unspecified atom stereocenters. The fourth-order valence-electron chi connectivity index (χ4n) is 1.93. The van der Waals surface area contributed by atoms with E-state index in [1.165, 1.54) is 6.07 Å². The van der Waals surface area contributed by atoms with Crippen LogP contribution in [0, 0.1) is 11.6 Å². The summed E-state index contributed by atoms with van der Waals surface area (Å²) in [6.07, 6.45) is 1.32. The summed E-state index contributed by atoms with van der Waals surface area (Å²) >= 11 is 0. The maximum absolute atomic E-state index is 13.5. The molecule has 0 amide bonds. The van der Waals surface area contributed by atoms with Crippen LogP contribution in [0.1, 0.15) is 37.3 Å². The summed E-state index contributed by atoms with van der Waals surface area (Å²) in [4.78, 5) is 0. The average Bonchev–Trinajstić information content (AvgIpc) is 2.23. The van der Waals surface area contributed by atoms with E-state index < -0.39 is 11.6 Å². The number of fused-ring (bicyclic) bond motifs is 1. The maximum atomic E-state index is 13.5. The van der Waals surface area contributed by atoms with Crippen molar-refractivity contribution < 1.29 is 13.5 Å². The SMILES string of the molecule is CC(C)c1cc(F)c(F)c2c1OCCC2. The molecule has 0 N–H and O–H groups in total. The molecule has 3 heteroatoms. The molecule has 1 aliphatic rings. The Balaban J connectivity index is 2.62. The quantitative estimate of drug-likeness (QED) is 0.693. The zero-order valence-electron chi connectivity index (χ0n) is 8.94. The van der Waals surface area contributed by atoms with Crippen molar-refractivity contribution >= 4 is 0 Å². The van der Waals surface area contributed by atoms with Gasteiger partial charge >= 0.3 is 0 Å². The first-order valence-corrected chi connectivity index (χ1v) is 5.25. The Morgan fingerprint density at radius 1 is 1.33 bits per heavy atom. The predicted molar refractivity (Wildman–Crippen MR) is 54.3 cm³/mol. The Morgan fingerprint density at radius 2 is 2.07 bits per heavy atom. The summed E-state index contributed by atoms with van der Waals surface area (Å²) in [6, 6.07) is 1.25. The summed E-state index contributed by atoms with van der Waals surface area (Å²) in [5, 5.41) is 0. The Hall–Kier alpha value is -1.12. The van der Waals surface area contributed by atoms with Gasteiger partial charge in [0, 0.05) is 11.1 Å². The van der Waals surface area contributed by atoms with Crippen molar-refractivity contribution in [2.24, 2.45) is 0 Å². The highest BCUT2D eigenvalue weighted by Gasteiger charge is 2.23. The molecule has 0 saturated heterocycles. The highest BCUT2D eigenvalue weighted by molar-refractivity contribution is 5.45. The van der Waals surface area contributed by atoms with E-state index in [1.54, 1.807) is 0 Å². The Bertz CT molecular complexity index is 386. The summed E-state index contributed by atoms with van der Waals surface area (Å²) in [5.74, 6) is -0.792. The minimum absolute atomic E-state index is 0.145. The zero-order chi connectivity index (χ0) is 11.0. The number of hydrogen-bond donors (Lipinski definition) is 0. The van der Waals surface area contributed by atoms with Gasteiger partial charge in [-0.05, 0) is 24.8 Å². The normalized spacial score (nSPS) is 15.0. The molecular weight excluding hydrogens is 198 g/mol. The second-order valence-electron chi connectivity index (χ2n) is 4.18. The van der Waals surface area contributed by atoms with E-state index >= 15 is 0 Å². The first-order chi connectivity index (χ1) is 7.11. The zero-order valence-corrected chi connectivity index (χ0v) is 8.94. The molecule has 15 heavy (non-hydrogen) atoms. The fraction of sp³-hybridized carbons (Fsp3) is 0.500. The number of rotatable bonds is 1. The molecule has 0 spiro atoms. The third-order valence-corrected chi connectivity index (χ3v) is 2.73. The minimum Gasteiger partial charge on any atom is -0.493 e. The van der Waals surface area contributed by atoms with Gasteiger partial charge < -0.3 is 4.74 Å². The monoisotopic (exact) mass is 212 g/mol. The van der Waals surface area contributed by atoms with E-state index in [4.69, 9.17) is 4.74 Å². The van der Waals surface area contributed by atoms with E-state index in [0.717, 1.165) is 12.0 Å². The van der Waals surface area contributed by atoms with Crippen molar-refractivity contribution in [2.45, 2.75) is 32.6 Å². The highest BCUT2D eigenvalue weighted by atomic mass is 19.2. The van der Waals surface area contributed by atoms with Gasteiger partial charge in [0.25, 0.3) is 0 Å². The van der Waals surface area contributed by atoms with Gasteiger partial charge in [0.1, 0.15) is 5.75 Å². The molecular formula is C12H14F2O. The molecule has 0 aromatic heterocycles. The highest BCUT2D eigenvalue weighted by Crippen LogP contribution is 2.36. The molecule has 1 aliphatic heterocycles. The Labute approximate surface area is 88.1 Å². The van der Waals surface area contributed by atoms with E-state index in [9.17, 15) is 8.78 Å². The third-order valence-electron chi connectivity index (χ3n) is 2.73. The van der Waals surface area contributed by atoms with Gasteiger partial charge in [-0.25, -0.2) is 8.78 Å². The molecule has 1 nitrogen and oxygen atoms in total. The smallest absolute Gasteiger partial charge is 0.165 e. The fourth-order valence-corrected chi connectivity index (χ4v) is 1.93. The number of ether oxygens (including phenoxy) is 1. The number of halogens is 2. The lowest BCUT2D eigenvalue weighted by Gasteiger charge is -2.22. The molecule has 1 aromatic carbocycles. The van der Waals surface area contributed by atoms with Crippen LogP contribution in [0.2, 0.25) is 0 Å². The van der Waals surface area contributed by atoms with Crippen molar-refractivity contribution in [3.8, 4) is 5.75 Å². The van der Waals surface area contributed by atoms with Gasteiger partial charge in [-0.2, -0.15) is 0 Å². The molecule has 1 aromatic rings. The first kappa shape index (κ1) is 10.4. The molecule has 0 aliphatic carbocycles. The van der Waals surface area contributed by atoms with Gasteiger partial charge in [-0.3, -0.25) is 0 Å². The van der Waals surface area contributed by atoms with Crippen LogP contribution < -0.4 is 4.74 Å². The van der Waals surface area contributed by atoms with Crippen molar-refractivity contribution in [3.05, 3.63) is 28.8 Å². The first-order valence-electron chi connectivity index (χ1n) is 5.25. The van der Waals surface area contributed by atoms with Crippen LogP contribution in [0.3, 0.4) is 0 Å². The summed E-state index contributed by atoms with van der Waals surface area (Å²) in [5.41, 5.74) is 1.17. The standard InChI is InChI=1S/C12H14F2O/c1-7(2)9-6-10(13)11(14)8-4-3-5-15-12(8)9/h6-7H,3-5H2,1-2H3. The van der Waals surface area contributed by atoms with E-state index in [0.29, 0.717) is 24.3 Å². The van der Waals surface area contributed by atoms with E-state index in [2.05, 4.69) is 0 Å². The summed E-state index contributed by atoms with van der Waals surface area (Å²) in [6.45, 7) is 4.49. The Kier molecular flexibility index (Phi) is 2.63. The van der Waals surface area contributed by atoms with Crippen LogP contribution in [0.5, 0.6) is 5.75 Å². The van der Waals surface area contributed by atoms with Gasteiger partial charge in [0.2, 0.25) is 0 Å². The molecule has 1 heterocycles. The maximum Gasteiger partial charge on any atom is 0.165 e. The van der Waals surface area contributed by atoms with Crippen LogP contribution in [-0.4, -0.2) is 6.61 Å². The van der Waals surface area contributed by atoms with Crippen LogP contribution in [-0.2, 0) is 6.42 Å². The molecule has 82 valence electrons. The lowest BCUT2D eigenvalue weighted by Crippen LogP contribution is -2.14. The van der Waals surface area contributed by atoms with Crippen LogP contribution >= 0.6 is 0 Å². The second-order valence-corrected chi connectivity index (χ2v) is 4.18. The van der Waals surface area contributed by atoms with Gasteiger partial charge in [0.05, 0.1) is 6.61 Å². The second kappa shape index (κ2) is 3.80.